The van der Waals surface area contributed by atoms with Crippen LogP contribution in [0.5, 0.6) is 5.75 Å². The van der Waals surface area contributed by atoms with E-state index in [0.29, 0.717) is 31.1 Å². The standard InChI is InChI=1S/C16H23N3O3/c1-2-22-14-7-4-3-6-13(14)18-15(20)12-16(21)19-10-5-8-17-9-11-19/h3-4,6-7,17H,2,5,8-12H2,1H3,(H,18,20). The number of carbonyl (C=O) groups excluding carboxylic acids is 2. The third-order valence-corrected chi connectivity index (χ3v) is 3.47. The van der Waals surface area contributed by atoms with E-state index in [1.54, 1.807) is 17.0 Å². The molecule has 0 unspecified atom stereocenters. The molecular formula is C16H23N3O3. The zero-order valence-corrected chi connectivity index (χ0v) is 12.9. The molecule has 1 fully saturated rings. The summed E-state index contributed by atoms with van der Waals surface area (Å²) in [6, 6.07) is 7.22. The first-order valence-electron chi connectivity index (χ1n) is 7.71. The van der Waals surface area contributed by atoms with Crippen molar-refractivity contribution in [1.82, 2.24) is 10.2 Å². The number of ether oxygens (including phenoxy) is 1. The molecule has 1 aliphatic rings. The molecule has 0 saturated carbocycles. The molecule has 1 saturated heterocycles. The third kappa shape index (κ3) is 4.73. The minimum Gasteiger partial charge on any atom is -0.492 e. The summed E-state index contributed by atoms with van der Waals surface area (Å²) in [6.45, 7) is 5.45. The highest BCUT2D eigenvalue weighted by atomic mass is 16.5. The lowest BCUT2D eigenvalue weighted by Gasteiger charge is -2.19. The first-order valence-corrected chi connectivity index (χ1v) is 7.71. The second-order valence-corrected chi connectivity index (χ2v) is 5.14. The van der Waals surface area contributed by atoms with Crippen LogP contribution in [-0.4, -0.2) is 49.5 Å². The van der Waals surface area contributed by atoms with Crippen molar-refractivity contribution in [3.63, 3.8) is 0 Å². The van der Waals surface area contributed by atoms with E-state index in [-0.39, 0.29) is 18.2 Å². The topological polar surface area (TPSA) is 70.7 Å². The Hall–Kier alpha value is -2.08. The van der Waals surface area contributed by atoms with E-state index in [1.165, 1.54) is 0 Å². The fourth-order valence-electron chi connectivity index (χ4n) is 2.39. The lowest BCUT2D eigenvalue weighted by molar-refractivity contribution is -0.134. The fraction of sp³-hybridized carbons (Fsp3) is 0.500. The molecule has 120 valence electrons. The number of hydrogen-bond acceptors (Lipinski definition) is 4. The molecule has 22 heavy (non-hydrogen) atoms. The van der Waals surface area contributed by atoms with Crippen LogP contribution in [-0.2, 0) is 9.59 Å². The van der Waals surface area contributed by atoms with Crippen LogP contribution < -0.4 is 15.4 Å². The number of hydrogen-bond donors (Lipinski definition) is 2. The van der Waals surface area contributed by atoms with Crippen molar-refractivity contribution in [2.45, 2.75) is 19.8 Å². The highest BCUT2D eigenvalue weighted by molar-refractivity contribution is 6.04. The van der Waals surface area contributed by atoms with Gasteiger partial charge in [-0.25, -0.2) is 0 Å². The van der Waals surface area contributed by atoms with Gasteiger partial charge in [-0.3, -0.25) is 9.59 Å². The van der Waals surface area contributed by atoms with Crippen LogP contribution in [0.4, 0.5) is 5.69 Å². The predicted octanol–water partition coefficient (Wildman–Crippen LogP) is 1.24. The summed E-state index contributed by atoms with van der Waals surface area (Å²) in [6.07, 6.45) is 0.779. The number of para-hydroxylation sites is 2. The lowest BCUT2D eigenvalue weighted by atomic mass is 10.2. The number of rotatable bonds is 5. The van der Waals surface area contributed by atoms with Gasteiger partial charge in [0.05, 0.1) is 12.3 Å². The van der Waals surface area contributed by atoms with Gasteiger partial charge >= 0.3 is 0 Å². The van der Waals surface area contributed by atoms with Gasteiger partial charge < -0.3 is 20.3 Å². The summed E-state index contributed by atoms with van der Waals surface area (Å²) in [5.74, 6) is 0.175. The predicted molar refractivity (Wildman–Crippen MR) is 84.9 cm³/mol. The Morgan fingerprint density at radius 1 is 1.27 bits per heavy atom. The van der Waals surface area contributed by atoms with Gasteiger partial charge in [0.2, 0.25) is 11.8 Å². The maximum absolute atomic E-state index is 12.2. The Morgan fingerprint density at radius 3 is 2.91 bits per heavy atom. The third-order valence-electron chi connectivity index (χ3n) is 3.47. The molecule has 6 nitrogen and oxygen atoms in total. The van der Waals surface area contributed by atoms with E-state index in [9.17, 15) is 9.59 Å². The van der Waals surface area contributed by atoms with E-state index in [0.717, 1.165) is 19.5 Å². The first kappa shape index (κ1) is 16.3. The van der Waals surface area contributed by atoms with Crippen molar-refractivity contribution in [3.05, 3.63) is 24.3 Å². The summed E-state index contributed by atoms with van der Waals surface area (Å²) < 4.78 is 5.46. The average Bonchev–Trinajstić information content (AvgIpc) is 2.78. The van der Waals surface area contributed by atoms with Gasteiger partial charge in [-0.15, -0.1) is 0 Å². The average molecular weight is 305 g/mol. The lowest BCUT2D eigenvalue weighted by Crippen LogP contribution is -2.36. The monoisotopic (exact) mass is 305 g/mol. The molecule has 1 aromatic rings. The summed E-state index contributed by atoms with van der Waals surface area (Å²) in [5, 5.41) is 5.99. The maximum Gasteiger partial charge on any atom is 0.233 e. The van der Waals surface area contributed by atoms with Crippen LogP contribution >= 0.6 is 0 Å². The molecule has 0 radical (unpaired) electrons. The van der Waals surface area contributed by atoms with E-state index in [4.69, 9.17) is 4.74 Å². The Labute approximate surface area is 130 Å². The summed E-state index contributed by atoms with van der Waals surface area (Å²) in [4.78, 5) is 26.0. The fourth-order valence-corrected chi connectivity index (χ4v) is 2.39. The summed E-state index contributed by atoms with van der Waals surface area (Å²) in [5.41, 5.74) is 0.597. The second kappa shape index (κ2) is 8.38. The molecule has 0 aromatic heterocycles. The van der Waals surface area contributed by atoms with Crippen LogP contribution in [0.15, 0.2) is 24.3 Å². The van der Waals surface area contributed by atoms with Crippen LogP contribution in [0.3, 0.4) is 0 Å². The SMILES string of the molecule is CCOc1ccccc1NC(=O)CC(=O)N1CCCNCC1. The number of benzene rings is 1. The molecule has 1 heterocycles. The summed E-state index contributed by atoms with van der Waals surface area (Å²) >= 11 is 0. The van der Waals surface area contributed by atoms with Crippen molar-refractivity contribution in [2.75, 3.05) is 38.1 Å². The van der Waals surface area contributed by atoms with E-state index >= 15 is 0 Å². The molecule has 1 aliphatic heterocycles. The highest BCUT2D eigenvalue weighted by Crippen LogP contribution is 2.23. The number of amides is 2. The Kier molecular flexibility index (Phi) is 6.21. The molecule has 0 bridgehead atoms. The van der Waals surface area contributed by atoms with E-state index < -0.39 is 0 Å². The number of carbonyl (C=O) groups is 2. The normalized spacial score (nSPS) is 15.0. The van der Waals surface area contributed by atoms with Crippen molar-refractivity contribution in [3.8, 4) is 5.75 Å². The van der Waals surface area contributed by atoms with Gasteiger partial charge in [-0.2, -0.15) is 0 Å². The smallest absolute Gasteiger partial charge is 0.233 e. The Bertz CT molecular complexity index is 511. The highest BCUT2D eigenvalue weighted by Gasteiger charge is 2.19. The van der Waals surface area contributed by atoms with Crippen LogP contribution in [0.2, 0.25) is 0 Å². The zero-order valence-electron chi connectivity index (χ0n) is 12.9. The number of nitrogens with zero attached hydrogens (tertiary/aromatic N) is 1. The van der Waals surface area contributed by atoms with Crippen molar-refractivity contribution in [2.24, 2.45) is 0 Å². The molecule has 2 amide bonds. The molecule has 0 aliphatic carbocycles. The Balaban J connectivity index is 1.90. The first-order chi connectivity index (χ1) is 10.7. The van der Waals surface area contributed by atoms with Gasteiger partial charge in [0.15, 0.2) is 0 Å². The molecule has 6 heteroatoms. The molecule has 0 spiro atoms. The van der Waals surface area contributed by atoms with Crippen molar-refractivity contribution < 1.29 is 14.3 Å². The minimum atomic E-state index is -0.311. The van der Waals surface area contributed by atoms with E-state index in [1.807, 2.05) is 19.1 Å². The maximum atomic E-state index is 12.2. The largest absolute Gasteiger partial charge is 0.492 e. The van der Waals surface area contributed by atoms with Crippen molar-refractivity contribution in [1.29, 1.82) is 0 Å². The molecular weight excluding hydrogens is 282 g/mol. The van der Waals surface area contributed by atoms with Gasteiger partial charge in [0, 0.05) is 19.6 Å². The second-order valence-electron chi connectivity index (χ2n) is 5.14. The van der Waals surface area contributed by atoms with Crippen LogP contribution in [0.25, 0.3) is 0 Å². The van der Waals surface area contributed by atoms with Crippen molar-refractivity contribution >= 4 is 17.5 Å². The molecule has 2 rings (SSSR count). The summed E-state index contributed by atoms with van der Waals surface area (Å²) in [7, 11) is 0. The minimum absolute atomic E-state index is 0.130. The number of anilines is 1. The molecule has 0 atom stereocenters. The Morgan fingerprint density at radius 2 is 2.09 bits per heavy atom. The van der Waals surface area contributed by atoms with Gasteiger partial charge in [-0.1, -0.05) is 12.1 Å². The van der Waals surface area contributed by atoms with Gasteiger partial charge in [-0.05, 0) is 32.0 Å². The zero-order chi connectivity index (χ0) is 15.8. The van der Waals surface area contributed by atoms with Gasteiger partial charge in [0.25, 0.3) is 0 Å². The quantitative estimate of drug-likeness (QED) is 0.803. The van der Waals surface area contributed by atoms with Gasteiger partial charge in [0.1, 0.15) is 12.2 Å². The molecule has 2 N–H and O–H groups in total. The van der Waals surface area contributed by atoms with Crippen LogP contribution in [0.1, 0.15) is 19.8 Å². The van der Waals surface area contributed by atoms with E-state index in [2.05, 4.69) is 10.6 Å². The molecule has 1 aromatic carbocycles. The van der Waals surface area contributed by atoms with Crippen LogP contribution in [0, 0.1) is 0 Å². The number of nitrogens with one attached hydrogen (secondary N) is 2.